The van der Waals surface area contributed by atoms with Gasteiger partial charge in [-0.05, 0) is 43.2 Å². The van der Waals surface area contributed by atoms with Crippen molar-refractivity contribution >= 4 is 24.0 Å². The molecule has 2 heterocycles. The third kappa shape index (κ3) is 6.00. The fourth-order valence-electron chi connectivity index (χ4n) is 4.69. The first-order valence-electron chi connectivity index (χ1n) is 12.5. The predicted octanol–water partition coefficient (Wildman–Crippen LogP) is 4.14. The highest BCUT2D eigenvalue weighted by molar-refractivity contribution is 5.91. The summed E-state index contributed by atoms with van der Waals surface area (Å²) in [5.41, 5.74) is 7.19. The lowest BCUT2D eigenvalue weighted by Gasteiger charge is -2.46. The Bertz CT molecular complexity index is 1240. The van der Waals surface area contributed by atoms with Crippen molar-refractivity contribution in [3.63, 3.8) is 0 Å². The molecule has 5 unspecified atom stereocenters. The lowest BCUT2D eigenvalue weighted by atomic mass is 9.79. The maximum Gasteiger partial charge on any atom is 0.338 e. The predicted molar refractivity (Wildman–Crippen MR) is 144 cm³/mol. The molecule has 2 aromatic rings. The fraction of sp³-hybridized carbons (Fsp3) is 0.310. The first-order chi connectivity index (χ1) is 18.3. The summed E-state index contributed by atoms with van der Waals surface area (Å²) in [5.74, 6) is -1.03. The Labute approximate surface area is 222 Å². The van der Waals surface area contributed by atoms with E-state index in [2.05, 4.69) is 16.7 Å². The monoisotopic (exact) mass is 516 g/mol. The van der Waals surface area contributed by atoms with Crippen LogP contribution in [-0.4, -0.2) is 53.4 Å². The molecule has 0 bridgehead atoms. The maximum absolute atomic E-state index is 13.2. The smallest absolute Gasteiger partial charge is 0.338 e. The average Bonchev–Trinajstić information content (AvgIpc) is 2.91. The summed E-state index contributed by atoms with van der Waals surface area (Å²) < 4.78 is 18.4. The van der Waals surface area contributed by atoms with E-state index in [0.717, 1.165) is 0 Å². The molecule has 2 aliphatic rings. The van der Waals surface area contributed by atoms with Gasteiger partial charge in [-0.15, -0.1) is 0 Å². The van der Waals surface area contributed by atoms with E-state index in [0.29, 0.717) is 16.9 Å². The van der Waals surface area contributed by atoms with Crippen LogP contribution < -0.4 is 5.73 Å². The molecule has 0 aromatic heterocycles. The molecule has 9 heteroatoms. The summed E-state index contributed by atoms with van der Waals surface area (Å²) >= 11 is 0. The molecule has 9 nitrogen and oxygen atoms in total. The molecule has 5 atom stereocenters. The van der Waals surface area contributed by atoms with Gasteiger partial charge in [-0.1, -0.05) is 56.8 Å². The van der Waals surface area contributed by atoms with Gasteiger partial charge in [0.1, 0.15) is 11.9 Å². The first kappa shape index (κ1) is 26.8. The van der Waals surface area contributed by atoms with E-state index in [-0.39, 0.29) is 17.7 Å². The Hall–Kier alpha value is -4.24. The summed E-state index contributed by atoms with van der Waals surface area (Å²) in [6.45, 7) is 9.74. The Morgan fingerprint density at radius 1 is 1.00 bits per heavy atom. The van der Waals surface area contributed by atoms with Crippen molar-refractivity contribution in [1.29, 1.82) is 0 Å². The number of aliphatic imine (C=N–C) groups is 1. The van der Waals surface area contributed by atoms with E-state index < -0.39 is 36.4 Å². The second kappa shape index (κ2) is 11.9. The second-order valence-corrected chi connectivity index (χ2v) is 9.46. The highest BCUT2D eigenvalue weighted by Crippen LogP contribution is 2.36. The minimum absolute atomic E-state index is 0.0218. The Morgan fingerprint density at radius 2 is 1.55 bits per heavy atom. The van der Waals surface area contributed by atoms with Crippen LogP contribution in [0.25, 0.3) is 0 Å². The SMILES string of the molecule is C=C1N=CC=CN1N=C(N)C1OC(C)C(C(C)C)C(OC(=O)c2ccccc2)C1OC(=O)c1ccccc1. The van der Waals surface area contributed by atoms with E-state index >= 15 is 0 Å². The van der Waals surface area contributed by atoms with Crippen LogP contribution in [0.4, 0.5) is 0 Å². The molecular formula is C29H32N4O5. The van der Waals surface area contributed by atoms with Gasteiger partial charge in [0, 0.05) is 18.3 Å². The van der Waals surface area contributed by atoms with E-state index in [1.54, 1.807) is 73.1 Å². The molecule has 0 amide bonds. The molecule has 1 fully saturated rings. The molecule has 0 saturated carbocycles. The number of rotatable bonds is 7. The Kier molecular flexibility index (Phi) is 8.38. The summed E-state index contributed by atoms with van der Waals surface area (Å²) in [7, 11) is 0. The molecule has 0 radical (unpaired) electrons. The fourth-order valence-corrected chi connectivity index (χ4v) is 4.69. The number of hydrogen-bond acceptors (Lipinski definition) is 8. The van der Waals surface area contributed by atoms with Gasteiger partial charge in [-0.2, -0.15) is 5.10 Å². The molecule has 1 saturated heterocycles. The van der Waals surface area contributed by atoms with Gasteiger partial charge in [-0.25, -0.2) is 19.6 Å². The number of hydrogen-bond donors (Lipinski definition) is 1. The third-order valence-corrected chi connectivity index (χ3v) is 6.50. The van der Waals surface area contributed by atoms with E-state index in [1.807, 2.05) is 26.8 Å². The number of nitrogens with zero attached hydrogens (tertiary/aromatic N) is 3. The average molecular weight is 517 g/mol. The van der Waals surface area contributed by atoms with Gasteiger partial charge in [0.05, 0.1) is 17.2 Å². The maximum atomic E-state index is 13.2. The van der Waals surface area contributed by atoms with Crippen LogP contribution in [0.1, 0.15) is 41.5 Å². The van der Waals surface area contributed by atoms with Crippen LogP contribution in [0, 0.1) is 11.8 Å². The van der Waals surface area contributed by atoms with Crippen molar-refractivity contribution < 1.29 is 23.8 Å². The molecule has 2 N–H and O–H groups in total. The van der Waals surface area contributed by atoms with Crippen LogP contribution in [0.3, 0.4) is 0 Å². The molecule has 198 valence electrons. The summed E-state index contributed by atoms with van der Waals surface area (Å²) in [4.78, 5) is 30.6. The summed E-state index contributed by atoms with van der Waals surface area (Å²) in [5, 5.41) is 5.82. The zero-order valence-electron chi connectivity index (χ0n) is 21.6. The molecule has 0 spiro atoms. The quantitative estimate of drug-likeness (QED) is 0.334. The van der Waals surface area contributed by atoms with E-state index in [4.69, 9.17) is 19.9 Å². The van der Waals surface area contributed by atoms with Crippen molar-refractivity contribution in [2.45, 2.75) is 45.2 Å². The number of benzene rings is 2. The van der Waals surface area contributed by atoms with E-state index in [1.165, 1.54) is 5.01 Å². The van der Waals surface area contributed by atoms with Gasteiger partial charge in [0.25, 0.3) is 0 Å². The van der Waals surface area contributed by atoms with Gasteiger partial charge >= 0.3 is 11.9 Å². The number of hydrazone groups is 1. The zero-order chi connectivity index (χ0) is 27.2. The van der Waals surface area contributed by atoms with Gasteiger partial charge in [0.2, 0.25) is 0 Å². The minimum atomic E-state index is -1.08. The van der Waals surface area contributed by atoms with Crippen LogP contribution in [-0.2, 0) is 14.2 Å². The molecule has 2 aromatic carbocycles. The molecular weight excluding hydrogens is 484 g/mol. The van der Waals surface area contributed by atoms with Crippen molar-refractivity contribution in [3.05, 3.63) is 96.5 Å². The number of amidine groups is 1. The Balaban J connectivity index is 1.73. The number of nitrogens with two attached hydrogens (primary N) is 1. The standard InChI is InChI=1S/C29H32N4O5/c1-18(2)23-19(3)36-26(27(30)32-33-17-11-16-31-20(33)4)25(38-29(35)22-14-9-6-10-15-22)24(23)37-28(34)21-12-7-5-8-13-21/h5-19,23-26H,4H2,1-3H3,(H2,30,32). The molecule has 0 aliphatic carbocycles. The molecule has 38 heavy (non-hydrogen) atoms. The number of carbonyl (C=O) groups excluding carboxylic acids is 2. The lowest BCUT2D eigenvalue weighted by molar-refractivity contribution is -0.185. The largest absolute Gasteiger partial charge is 0.454 e. The van der Waals surface area contributed by atoms with Crippen LogP contribution >= 0.6 is 0 Å². The van der Waals surface area contributed by atoms with Crippen LogP contribution in [0.15, 0.2) is 95.4 Å². The topological polar surface area (TPSA) is 116 Å². The highest BCUT2D eigenvalue weighted by Gasteiger charge is 2.51. The van der Waals surface area contributed by atoms with Crippen molar-refractivity contribution in [1.82, 2.24) is 5.01 Å². The molecule has 2 aliphatic heterocycles. The summed E-state index contributed by atoms with van der Waals surface area (Å²) in [6, 6.07) is 17.2. The highest BCUT2D eigenvalue weighted by atomic mass is 16.6. The minimum Gasteiger partial charge on any atom is -0.454 e. The van der Waals surface area contributed by atoms with E-state index in [9.17, 15) is 9.59 Å². The van der Waals surface area contributed by atoms with Gasteiger partial charge in [0.15, 0.2) is 18.0 Å². The second-order valence-electron chi connectivity index (χ2n) is 9.46. The number of esters is 2. The number of allylic oxidation sites excluding steroid dienone is 1. The van der Waals surface area contributed by atoms with Gasteiger partial charge in [-0.3, -0.25) is 0 Å². The summed E-state index contributed by atoms with van der Waals surface area (Å²) in [6.07, 6.45) is 1.57. The number of ether oxygens (including phenoxy) is 3. The number of carbonyl (C=O) groups is 2. The van der Waals surface area contributed by atoms with Crippen LogP contribution in [0.2, 0.25) is 0 Å². The lowest BCUT2D eigenvalue weighted by Crippen LogP contribution is -2.61. The zero-order valence-corrected chi connectivity index (χ0v) is 21.6. The van der Waals surface area contributed by atoms with Crippen molar-refractivity contribution in [2.75, 3.05) is 0 Å². The van der Waals surface area contributed by atoms with Crippen molar-refractivity contribution in [2.24, 2.45) is 27.7 Å². The first-order valence-corrected chi connectivity index (χ1v) is 12.5. The van der Waals surface area contributed by atoms with Crippen LogP contribution in [0.5, 0.6) is 0 Å². The molecule has 4 rings (SSSR count). The third-order valence-electron chi connectivity index (χ3n) is 6.50. The normalized spacial score (nSPS) is 25.4. The van der Waals surface area contributed by atoms with Crippen molar-refractivity contribution in [3.8, 4) is 0 Å². The van der Waals surface area contributed by atoms with Gasteiger partial charge < -0.3 is 19.9 Å². The Morgan fingerprint density at radius 3 is 2.08 bits per heavy atom.